The van der Waals surface area contributed by atoms with Crippen molar-refractivity contribution < 1.29 is 9.53 Å². The molecule has 0 radical (unpaired) electrons. The Morgan fingerprint density at radius 3 is 2.59 bits per heavy atom. The van der Waals surface area contributed by atoms with E-state index in [9.17, 15) is 4.79 Å². The van der Waals surface area contributed by atoms with Crippen LogP contribution in [0.15, 0.2) is 36.7 Å². The number of rotatable bonds is 4. The van der Waals surface area contributed by atoms with Crippen LogP contribution in [0.1, 0.15) is 5.56 Å². The summed E-state index contributed by atoms with van der Waals surface area (Å²) in [6.45, 7) is 2.03. The van der Waals surface area contributed by atoms with Gasteiger partial charge in [0.15, 0.2) is 17.9 Å². The molecule has 0 aliphatic rings. The number of carbonyl (C=O) groups is 1. The topological polar surface area (TPSA) is 52.1 Å². The van der Waals surface area contributed by atoms with Crippen molar-refractivity contribution in [3.8, 4) is 17.1 Å². The predicted molar refractivity (Wildman–Crippen MR) is 63.8 cm³/mol. The molecule has 0 aliphatic carbocycles. The molecule has 2 rings (SSSR count). The summed E-state index contributed by atoms with van der Waals surface area (Å²) >= 11 is 0. The fourth-order valence-electron chi connectivity index (χ4n) is 1.48. The van der Waals surface area contributed by atoms with Crippen LogP contribution in [0.5, 0.6) is 5.75 Å². The van der Waals surface area contributed by atoms with Crippen LogP contribution >= 0.6 is 0 Å². The van der Waals surface area contributed by atoms with Crippen molar-refractivity contribution in [1.82, 2.24) is 9.97 Å². The summed E-state index contributed by atoms with van der Waals surface area (Å²) in [5, 5.41) is 0. The Labute approximate surface area is 99.3 Å². The van der Waals surface area contributed by atoms with E-state index in [1.807, 2.05) is 31.2 Å². The Balaban J connectivity index is 2.23. The molecule has 0 bridgehead atoms. The van der Waals surface area contributed by atoms with Crippen molar-refractivity contribution in [2.75, 3.05) is 6.61 Å². The minimum absolute atomic E-state index is 0.0209. The van der Waals surface area contributed by atoms with E-state index in [2.05, 4.69) is 9.97 Å². The first-order valence-corrected chi connectivity index (χ1v) is 5.26. The van der Waals surface area contributed by atoms with Gasteiger partial charge < -0.3 is 4.74 Å². The SMILES string of the molecule is Cc1ccccc1-c1ncc(OCC=O)cn1. The lowest BCUT2D eigenvalue weighted by molar-refractivity contribution is -0.109. The average molecular weight is 228 g/mol. The van der Waals surface area contributed by atoms with Crippen molar-refractivity contribution in [2.45, 2.75) is 6.92 Å². The van der Waals surface area contributed by atoms with E-state index in [1.54, 1.807) is 12.4 Å². The minimum atomic E-state index is 0.0209. The highest BCUT2D eigenvalue weighted by Crippen LogP contribution is 2.19. The van der Waals surface area contributed by atoms with Gasteiger partial charge in [0, 0.05) is 5.56 Å². The molecule has 0 saturated carbocycles. The second kappa shape index (κ2) is 5.21. The number of aryl methyl sites for hydroxylation is 1. The second-order valence-electron chi connectivity index (χ2n) is 3.53. The Bertz CT molecular complexity index is 509. The maximum absolute atomic E-state index is 10.1. The van der Waals surface area contributed by atoms with Crippen LogP contribution in [0.2, 0.25) is 0 Å². The third-order valence-corrected chi connectivity index (χ3v) is 2.33. The highest BCUT2D eigenvalue weighted by molar-refractivity contribution is 5.59. The molecule has 4 nitrogen and oxygen atoms in total. The predicted octanol–water partition coefficient (Wildman–Crippen LogP) is 2.03. The summed E-state index contributed by atoms with van der Waals surface area (Å²) in [5.74, 6) is 1.15. The number of benzene rings is 1. The van der Waals surface area contributed by atoms with Crippen molar-refractivity contribution >= 4 is 6.29 Å². The maximum Gasteiger partial charge on any atom is 0.159 e. The molecule has 0 unspecified atom stereocenters. The molecule has 4 heteroatoms. The zero-order chi connectivity index (χ0) is 12.1. The summed E-state index contributed by atoms with van der Waals surface area (Å²) in [6.07, 6.45) is 3.83. The average Bonchev–Trinajstić information content (AvgIpc) is 2.38. The second-order valence-corrected chi connectivity index (χ2v) is 3.53. The van der Waals surface area contributed by atoms with E-state index in [-0.39, 0.29) is 6.61 Å². The van der Waals surface area contributed by atoms with Gasteiger partial charge in [-0.15, -0.1) is 0 Å². The molecule has 0 spiro atoms. The fourth-order valence-corrected chi connectivity index (χ4v) is 1.48. The molecular formula is C13H12N2O2. The Kier molecular flexibility index (Phi) is 3.45. The Hall–Kier alpha value is -2.23. The summed E-state index contributed by atoms with van der Waals surface area (Å²) < 4.78 is 5.08. The third kappa shape index (κ3) is 2.66. The van der Waals surface area contributed by atoms with Gasteiger partial charge in [-0.3, -0.25) is 4.79 Å². The highest BCUT2D eigenvalue weighted by atomic mass is 16.5. The molecule has 1 aromatic heterocycles. The maximum atomic E-state index is 10.1. The molecule has 17 heavy (non-hydrogen) atoms. The number of hydrogen-bond acceptors (Lipinski definition) is 4. The third-order valence-electron chi connectivity index (χ3n) is 2.33. The van der Waals surface area contributed by atoms with Crippen molar-refractivity contribution in [1.29, 1.82) is 0 Å². The van der Waals surface area contributed by atoms with Gasteiger partial charge in [-0.25, -0.2) is 9.97 Å². The van der Waals surface area contributed by atoms with Crippen molar-refractivity contribution in [2.24, 2.45) is 0 Å². The molecule has 0 saturated heterocycles. The Morgan fingerprint density at radius 2 is 1.94 bits per heavy atom. The summed E-state index contributed by atoms with van der Waals surface area (Å²) in [5.41, 5.74) is 2.11. The van der Waals surface area contributed by atoms with E-state index < -0.39 is 0 Å². The molecular weight excluding hydrogens is 216 g/mol. The molecule has 0 aliphatic heterocycles. The van der Waals surface area contributed by atoms with Crippen LogP contribution in [0.25, 0.3) is 11.4 Å². The molecule has 0 fully saturated rings. The van der Waals surface area contributed by atoms with Crippen LogP contribution in [0.4, 0.5) is 0 Å². The molecule has 0 amide bonds. The van der Waals surface area contributed by atoms with Gasteiger partial charge in [-0.2, -0.15) is 0 Å². The van der Waals surface area contributed by atoms with E-state index in [1.165, 1.54) is 0 Å². The van der Waals surface area contributed by atoms with E-state index in [0.29, 0.717) is 17.9 Å². The number of ether oxygens (including phenoxy) is 1. The molecule has 1 aromatic carbocycles. The first kappa shape index (κ1) is 11.3. The van der Waals surface area contributed by atoms with Crippen LogP contribution in [0, 0.1) is 6.92 Å². The quantitative estimate of drug-likeness (QED) is 0.751. The van der Waals surface area contributed by atoms with Gasteiger partial charge in [0.1, 0.15) is 6.61 Å². The summed E-state index contributed by atoms with van der Waals surface area (Å²) in [7, 11) is 0. The van der Waals surface area contributed by atoms with E-state index in [4.69, 9.17) is 4.74 Å². The number of carbonyl (C=O) groups excluding carboxylic acids is 1. The van der Waals surface area contributed by atoms with Crippen LogP contribution in [-0.4, -0.2) is 22.9 Å². The lowest BCUT2D eigenvalue weighted by Crippen LogP contribution is -1.99. The van der Waals surface area contributed by atoms with Gasteiger partial charge in [0.25, 0.3) is 0 Å². The van der Waals surface area contributed by atoms with Crippen molar-refractivity contribution in [3.63, 3.8) is 0 Å². The summed E-state index contributed by atoms with van der Waals surface area (Å²) in [6, 6.07) is 7.90. The lowest BCUT2D eigenvalue weighted by Gasteiger charge is -2.05. The van der Waals surface area contributed by atoms with E-state index >= 15 is 0 Å². The first-order valence-electron chi connectivity index (χ1n) is 5.26. The molecule has 86 valence electrons. The van der Waals surface area contributed by atoms with Crippen LogP contribution in [0.3, 0.4) is 0 Å². The standard InChI is InChI=1S/C13H12N2O2/c1-10-4-2-3-5-12(10)13-14-8-11(9-15-13)17-7-6-16/h2-6,8-9H,7H2,1H3. The van der Waals surface area contributed by atoms with Gasteiger partial charge >= 0.3 is 0 Å². The Morgan fingerprint density at radius 1 is 1.24 bits per heavy atom. The minimum Gasteiger partial charge on any atom is -0.483 e. The molecule has 0 N–H and O–H groups in total. The van der Waals surface area contributed by atoms with Crippen molar-refractivity contribution in [3.05, 3.63) is 42.2 Å². The smallest absolute Gasteiger partial charge is 0.159 e. The largest absolute Gasteiger partial charge is 0.483 e. The monoisotopic (exact) mass is 228 g/mol. The molecule has 0 atom stereocenters. The number of aldehydes is 1. The highest BCUT2D eigenvalue weighted by Gasteiger charge is 2.04. The van der Waals surface area contributed by atoms with Crippen LogP contribution < -0.4 is 4.74 Å². The van der Waals surface area contributed by atoms with Gasteiger partial charge in [-0.1, -0.05) is 24.3 Å². The van der Waals surface area contributed by atoms with Gasteiger partial charge in [-0.05, 0) is 12.5 Å². The van der Waals surface area contributed by atoms with Gasteiger partial charge in [0.05, 0.1) is 12.4 Å². The zero-order valence-corrected chi connectivity index (χ0v) is 9.46. The molecule has 1 heterocycles. The fraction of sp³-hybridized carbons (Fsp3) is 0.154. The summed E-state index contributed by atoms with van der Waals surface area (Å²) in [4.78, 5) is 18.6. The van der Waals surface area contributed by atoms with Gasteiger partial charge in [0.2, 0.25) is 0 Å². The number of nitrogens with zero attached hydrogens (tertiary/aromatic N) is 2. The number of aromatic nitrogens is 2. The normalized spacial score (nSPS) is 9.94. The zero-order valence-electron chi connectivity index (χ0n) is 9.46. The lowest BCUT2D eigenvalue weighted by atomic mass is 10.1. The van der Waals surface area contributed by atoms with E-state index in [0.717, 1.165) is 11.1 Å². The number of hydrogen-bond donors (Lipinski definition) is 0. The molecule has 2 aromatic rings. The van der Waals surface area contributed by atoms with Crippen LogP contribution in [-0.2, 0) is 4.79 Å². The first-order chi connectivity index (χ1) is 8.31.